The lowest BCUT2D eigenvalue weighted by atomic mass is 9.84. The number of hydrogen-bond donors (Lipinski definition) is 2. The van der Waals surface area contributed by atoms with E-state index in [1.807, 2.05) is 6.07 Å². The molecule has 2 bridgehead atoms. The van der Waals surface area contributed by atoms with Crippen LogP contribution in [0.15, 0.2) is 30.3 Å². The average Bonchev–Trinajstić information content (AvgIpc) is 3.09. The van der Waals surface area contributed by atoms with Crippen LogP contribution in [0.25, 0.3) is 0 Å². The number of rotatable bonds is 6. The van der Waals surface area contributed by atoms with Crippen molar-refractivity contribution in [3.8, 4) is 0 Å². The molecule has 3 heteroatoms. The van der Waals surface area contributed by atoms with Crippen LogP contribution >= 0.6 is 0 Å². The van der Waals surface area contributed by atoms with Crippen molar-refractivity contribution in [2.45, 2.75) is 44.6 Å². The van der Waals surface area contributed by atoms with Crippen LogP contribution in [0, 0.1) is 17.8 Å². The Bertz CT molecular complexity index is 487. The Morgan fingerprint density at radius 2 is 2.00 bits per heavy atom. The van der Waals surface area contributed by atoms with Gasteiger partial charge in [-0.05, 0) is 55.5 Å². The van der Waals surface area contributed by atoms with Crippen molar-refractivity contribution in [1.82, 2.24) is 5.32 Å². The second-order valence-corrected chi connectivity index (χ2v) is 6.78. The predicted molar refractivity (Wildman–Crippen MR) is 83.2 cm³/mol. The first-order chi connectivity index (χ1) is 10.2. The first-order valence-electron chi connectivity index (χ1n) is 8.18. The molecule has 2 fully saturated rings. The van der Waals surface area contributed by atoms with E-state index in [0.717, 1.165) is 25.8 Å². The summed E-state index contributed by atoms with van der Waals surface area (Å²) in [5.74, 6) is 0.756. The zero-order chi connectivity index (χ0) is 14.8. The second kappa shape index (κ2) is 6.18. The summed E-state index contributed by atoms with van der Waals surface area (Å²) in [4.78, 5) is 11.5. The molecule has 2 aliphatic rings. The van der Waals surface area contributed by atoms with E-state index in [4.69, 9.17) is 0 Å². The van der Waals surface area contributed by atoms with Crippen molar-refractivity contribution in [2.24, 2.45) is 17.8 Å². The van der Waals surface area contributed by atoms with Crippen LogP contribution in [0.5, 0.6) is 0 Å². The van der Waals surface area contributed by atoms with Crippen molar-refractivity contribution < 1.29 is 9.90 Å². The molecule has 3 nitrogen and oxygen atoms in total. The van der Waals surface area contributed by atoms with Gasteiger partial charge in [-0.3, -0.25) is 4.79 Å². The van der Waals surface area contributed by atoms with Gasteiger partial charge in [-0.1, -0.05) is 37.3 Å². The summed E-state index contributed by atoms with van der Waals surface area (Å²) in [7, 11) is 0. The van der Waals surface area contributed by atoms with Crippen LogP contribution in [0.1, 0.15) is 44.1 Å². The van der Waals surface area contributed by atoms with E-state index < -0.39 is 5.97 Å². The monoisotopic (exact) mass is 287 g/mol. The van der Waals surface area contributed by atoms with Gasteiger partial charge in [0.15, 0.2) is 0 Å². The molecule has 0 saturated heterocycles. The third-order valence-corrected chi connectivity index (χ3v) is 5.53. The normalized spacial score (nSPS) is 32.2. The third-order valence-electron chi connectivity index (χ3n) is 5.53. The van der Waals surface area contributed by atoms with E-state index in [1.165, 1.54) is 12.0 Å². The number of hydrogen-bond acceptors (Lipinski definition) is 2. The van der Waals surface area contributed by atoms with Gasteiger partial charge in [0.25, 0.3) is 0 Å². The molecule has 21 heavy (non-hydrogen) atoms. The number of benzene rings is 1. The number of aliphatic carboxylic acids is 1. The van der Waals surface area contributed by atoms with Crippen LogP contribution in [0.2, 0.25) is 0 Å². The fourth-order valence-corrected chi connectivity index (χ4v) is 4.36. The molecular weight excluding hydrogens is 262 g/mol. The van der Waals surface area contributed by atoms with Crippen molar-refractivity contribution in [3.63, 3.8) is 0 Å². The molecular formula is C18H25NO2. The molecule has 0 spiro atoms. The number of nitrogens with one attached hydrogen (secondary N) is 1. The first kappa shape index (κ1) is 14.6. The van der Waals surface area contributed by atoms with Gasteiger partial charge in [-0.15, -0.1) is 0 Å². The summed E-state index contributed by atoms with van der Waals surface area (Å²) >= 11 is 0. The summed E-state index contributed by atoms with van der Waals surface area (Å²) < 4.78 is 0. The largest absolute Gasteiger partial charge is 0.481 e. The molecule has 0 amide bonds. The highest BCUT2D eigenvalue weighted by Crippen LogP contribution is 2.48. The zero-order valence-electron chi connectivity index (χ0n) is 12.7. The number of carbonyl (C=O) groups is 1. The van der Waals surface area contributed by atoms with E-state index in [0.29, 0.717) is 17.8 Å². The zero-order valence-corrected chi connectivity index (χ0v) is 12.7. The van der Waals surface area contributed by atoms with E-state index in [-0.39, 0.29) is 12.0 Å². The van der Waals surface area contributed by atoms with E-state index in [2.05, 4.69) is 36.5 Å². The molecule has 2 N–H and O–H groups in total. The maximum absolute atomic E-state index is 11.5. The van der Waals surface area contributed by atoms with Gasteiger partial charge >= 0.3 is 5.97 Å². The van der Waals surface area contributed by atoms with Crippen LogP contribution in [0.4, 0.5) is 0 Å². The van der Waals surface area contributed by atoms with Gasteiger partial charge < -0.3 is 10.4 Å². The topological polar surface area (TPSA) is 49.3 Å². The molecule has 114 valence electrons. The quantitative estimate of drug-likeness (QED) is 0.844. The fraction of sp³-hybridized carbons (Fsp3) is 0.611. The standard InChI is InChI=1S/C18H25NO2/c1-12(13-5-3-2-4-6-13)9-10-19-17-15-8-7-14(11-15)16(17)18(20)21/h2-6,12,14-17,19H,7-11H2,1H3,(H,20,21). The molecule has 0 radical (unpaired) electrons. The average molecular weight is 287 g/mol. The minimum Gasteiger partial charge on any atom is -0.481 e. The lowest BCUT2D eigenvalue weighted by Crippen LogP contribution is -2.44. The Morgan fingerprint density at radius 1 is 1.29 bits per heavy atom. The maximum atomic E-state index is 11.5. The lowest BCUT2D eigenvalue weighted by Gasteiger charge is -2.29. The molecule has 2 aliphatic carbocycles. The molecule has 5 atom stereocenters. The summed E-state index contributed by atoms with van der Waals surface area (Å²) in [6.07, 6.45) is 4.49. The summed E-state index contributed by atoms with van der Waals surface area (Å²) in [5, 5.41) is 13.0. The highest BCUT2D eigenvalue weighted by Gasteiger charge is 2.50. The number of carboxylic acids is 1. The van der Waals surface area contributed by atoms with Crippen molar-refractivity contribution in [1.29, 1.82) is 0 Å². The molecule has 0 heterocycles. The summed E-state index contributed by atoms with van der Waals surface area (Å²) in [6.45, 7) is 3.15. The van der Waals surface area contributed by atoms with Gasteiger partial charge in [0, 0.05) is 6.04 Å². The van der Waals surface area contributed by atoms with E-state index in [1.54, 1.807) is 0 Å². The lowest BCUT2D eigenvalue weighted by molar-refractivity contribution is -0.144. The van der Waals surface area contributed by atoms with Gasteiger partial charge in [0.1, 0.15) is 0 Å². The molecule has 2 saturated carbocycles. The third kappa shape index (κ3) is 2.98. The van der Waals surface area contributed by atoms with Crippen LogP contribution in [0.3, 0.4) is 0 Å². The summed E-state index contributed by atoms with van der Waals surface area (Å²) in [5.41, 5.74) is 1.36. The van der Waals surface area contributed by atoms with E-state index in [9.17, 15) is 9.90 Å². The molecule has 5 unspecified atom stereocenters. The highest BCUT2D eigenvalue weighted by atomic mass is 16.4. The van der Waals surface area contributed by atoms with Crippen molar-refractivity contribution >= 4 is 5.97 Å². The Hall–Kier alpha value is -1.35. The van der Waals surface area contributed by atoms with Gasteiger partial charge in [0.2, 0.25) is 0 Å². The Morgan fingerprint density at radius 3 is 2.71 bits per heavy atom. The van der Waals surface area contributed by atoms with Crippen LogP contribution in [-0.4, -0.2) is 23.7 Å². The smallest absolute Gasteiger partial charge is 0.308 e. The van der Waals surface area contributed by atoms with Crippen molar-refractivity contribution in [3.05, 3.63) is 35.9 Å². The van der Waals surface area contributed by atoms with Crippen LogP contribution < -0.4 is 5.32 Å². The summed E-state index contributed by atoms with van der Waals surface area (Å²) in [6, 6.07) is 10.7. The molecule has 1 aromatic rings. The Balaban J connectivity index is 1.52. The molecule has 0 aliphatic heterocycles. The van der Waals surface area contributed by atoms with Gasteiger partial charge in [0.05, 0.1) is 5.92 Å². The number of carboxylic acid groups (broad SMARTS) is 1. The molecule has 1 aromatic carbocycles. The Labute approximate surface area is 126 Å². The maximum Gasteiger partial charge on any atom is 0.308 e. The number of fused-ring (bicyclic) bond motifs is 2. The first-order valence-corrected chi connectivity index (χ1v) is 8.18. The van der Waals surface area contributed by atoms with Gasteiger partial charge in [-0.25, -0.2) is 0 Å². The SMILES string of the molecule is CC(CCNC1C2CCC(C2)C1C(=O)O)c1ccccc1. The Kier molecular flexibility index (Phi) is 4.29. The minimum absolute atomic E-state index is 0.157. The van der Waals surface area contributed by atoms with E-state index >= 15 is 0 Å². The van der Waals surface area contributed by atoms with Crippen LogP contribution in [-0.2, 0) is 4.79 Å². The van der Waals surface area contributed by atoms with Gasteiger partial charge in [-0.2, -0.15) is 0 Å². The predicted octanol–water partition coefficient (Wildman–Crippen LogP) is 3.27. The molecule has 0 aromatic heterocycles. The molecule has 3 rings (SSSR count). The fourth-order valence-electron chi connectivity index (χ4n) is 4.36. The highest BCUT2D eigenvalue weighted by molar-refractivity contribution is 5.72. The second-order valence-electron chi connectivity index (χ2n) is 6.78. The van der Waals surface area contributed by atoms with Crippen molar-refractivity contribution in [2.75, 3.05) is 6.54 Å². The minimum atomic E-state index is -0.601.